The minimum absolute atomic E-state index is 0.130. The summed E-state index contributed by atoms with van der Waals surface area (Å²) in [7, 11) is 3.40. The Labute approximate surface area is 89.4 Å². The van der Waals surface area contributed by atoms with Crippen LogP contribution in [0.15, 0.2) is 29.3 Å². The lowest BCUT2D eigenvalue weighted by Crippen LogP contribution is -2.36. The molecule has 1 atom stereocenters. The van der Waals surface area contributed by atoms with E-state index in [0.29, 0.717) is 11.5 Å². The molecule has 15 heavy (non-hydrogen) atoms. The third-order valence-corrected chi connectivity index (χ3v) is 2.53. The van der Waals surface area contributed by atoms with Crippen LogP contribution in [0.2, 0.25) is 0 Å². The lowest BCUT2D eigenvalue weighted by atomic mass is 10.1. The van der Waals surface area contributed by atoms with Crippen molar-refractivity contribution in [1.82, 2.24) is 4.90 Å². The van der Waals surface area contributed by atoms with Crippen molar-refractivity contribution in [1.29, 1.82) is 0 Å². The molecule has 0 aliphatic carbocycles. The maximum Gasteiger partial charge on any atom is 0.191 e. The Morgan fingerprint density at radius 3 is 2.60 bits per heavy atom. The topological polar surface area (TPSA) is 41.6 Å². The van der Waals surface area contributed by atoms with Gasteiger partial charge >= 0.3 is 0 Å². The predicted molar refractivity (Wildman–Crippen MR) is 60.1 cm³/mol. The number of hydrogen-bond acceptors (Lipinski definition) is 1. The van der Waals surface area contributed by atoms with Gasteiger partial charge in [-0.15, -0.1) is 0 Å². The van der Waals surface area contributed by atoms with Gasteiger partial charge in [-0.05, 0) is 13.0 Å². The molecule has 1 unspecified atom stereocenters. The van der Waals surface area contributed by atoms with E-state index in [0.717, 1.165) is 0 Å². The van der Waals surface area contributed by atoms with Gasteiger partial charge in [0.1, 0.15) is 5.82 Å². The van der Waals surface area contributed by atoms with Gasteiger partial charge in [-0.3, -0.25) is 4.99 Å². The normalized spacial score (nSPS) is 13.7. The first-order chi connectivity index (χ1) is 7.07. The van der Waals surface area contributed by atoms with Gasteiger partial charge in [-0.1, -0.05) is 18.2 Å². The number of halogens is 1. The Morgan fingerprint density at radius 1 is 1.47 bits per heavy atom. The van der Waals surface area contributed by atoms with E-state index in [1.807, 2.05) is 13.0 Å². The summed E-state index contributed by atoms with van der Waals surface area (Å²) in [5, 5.41) is 0. The molecule has 0 amide bonds. The minimum atomic E-state index is -0.222. The highest BCUT2D eigenvalue weighted by molar-refractivity contribution is 5.78. The van der Waals surface area contributed by atoms with Crippen molar-refractivity contribution in [2.75, 3.05) is 14.1 Å². The van der Waals surface area contributed by atoms with Crippen LogP contribution >= 0.6 is 0 Å². The SMILES string of the molecule is CN=C(N)N(C)C(C)c1ccccc1F. The Hall–Kier alpha value is -1.58. The Balaban J connectivity index is 2.95. The molecule has 0 saturated carbocycles. The molecule has 0 spiro atoms. The molecule has 0 fully saturated rings. The summed E-state index contributed by atoms with van der Waals surface area (Å²) in [5.74, 6) is 0.173. The number of benzene rings is 1. The zero-order chi connectivity index (χ0) is 11.4. The fourth-order valence-corrected chi connectivity index (χ4v) is 1.38. The van der Waals surface area contributed by atoms with Crippen molar-refractivity contribution in [3.63, 3.8) is 0 Å². The van der Waals surface area contributed by atoms with Gasteiger partial charge in [-0.25, -0.2) is 4.39 Å². The molecule has 0 heterocycles. The van der Waals surface area contributed by atoms with E-state index < -0.39 is 0 Å². The van der Waals surface area contributed by atoms with E-state index >= 15 is 0 Å². The van der Waals surface area contributed by atoms with Crippen LogP contribution in [0.1, 0.15) is 18.5 Å². The maximum atomic E-state index is 13.5. The molecule has 1 aromatic rings. The van der Waals surface area contributed by atoms with Crippen molar-refractivity contribution in [2.45, 2.75) is 13.0 Å². The van der Waals surface area contributed by atoms with E-state index in [2.05, 4.69) is 4.99 Å². The highest BCUT2D eigenvalue weighted by Crippen LogP contribution is 2.20. The fraction of sp³-hybridized carbons (Fsp3) is 0.364. The standard InChI is InChI=1S/C11H16FN3/c1-8(15(3)11(13)14-2)9-6-4-5-7-10(9)12/h4-8H,1-3H3,(H2,13,14). The summed E-state index contributed by atoms with van der Waals surface area (Å²) in [5.41, 5.74) is 6.28. The van der Waals surface area contributed by atoms with Crippen molar-refractivity contribution in [2.24, 2.45) is 10.7 Å². The minimum Gasteiger partial charge on any atom is -0.370 e. The summed E-state index contributed by atoms with van der Waals surface area (Å²) in [6, 6.07) is 6.54. The summed E-state index contributed by atoms with van der Waals surface area (Å²) in [6.45, 7) is 1.89. The summed E-state index contributed by atoms with van der Waals surface area (Å²) >= 11 is 0. The van der Waals surface area contributed by atoms with Crippen LogP contribution in [-0.2, 0) is 0 Å². The molecule has 0 aromatic heterocycles. The van der Waals surface area contributed by atoms with Crippen LogP contribution < -0.4 is 5.73 Å². The smallest absolute Gasteiger partial charge is 0.191 e. The van der Waals surface area contributed by atoms with Gasteiger partial charge in [0.05, 0.1) is 6.04 Å². The molecule has 0 saturated heterocycles. The Kier molecular flexibility index (Phi) is 3.66. The molecule has 0 aliphatic heterocycles. The van der Waals surface area contributed by atoms with E-state index in [9.17, 15) is 4.39 Å². The average Bonchev–Trinajstić information content (AvgIpc) is 2.26. The molecular weight excluding hydrogens is 193 g/mol. The number of rotatable bonds is 2. The number of guanidine groups is 1. The number of hydrogen-bond donors (Lipinski definition) is 1. The van der Waals surface area contributed by atoms with Crippen LogP contribution in [0.3, 0.4) is 0 Å². The zero-order valence-corrected chi connectivity index (χ0v) is 9.24. The molecule has 0 radical (unpaired) electrons. The first kappa shape index (κ1) is 11.5. The molecule has 1 aromatic carbocycles. The van der Waals surface area contributed by atoms with Gasteiger partial charge in [0, 0.05) is 19.7 Å². The maximum absolute atomic E-state index is 13.5. The second-order valence-electron chi connectivity index (χ2n) is 3.39. The van der Waals surface area contributed by atoms with Crippen molar-refractivity contribution < 1.29 is 4.39 Å². The first-order valence-electron chi connectivity index (χ1n) is 4.77. The van der Waals surface area contributed by atoms with Crippen LogP contribution in [0.25, 0.3) is 0 Å². The van der Waals surface area contributed by atoms with E-state index in [1.54, 1.807) is 31.1 Å². The monoisotopic (exact) mass is 209 g/mol. The van der Waals surface area contributed by atoms with E-state index in [1.165, 1.54) is 6.07 Å². The number of nitrogens with two attached hydrogens (primary N) is 1. The van der Waals surface area contributed by atoms with Crippen molar-refractivity contribution >= 4 is 5.96 Å². The van der Waals surface area contributed by atoms with Crippen LogP contribution in [0.4, 0.5) is 4.39 Å². The van der Waals surface area contributed by atoms with Gasteiger partial charge in [0.2, 0.25) is 0 Å². The third-order valence-electron chi connectivity index (χ3n) is 2.53. The lowest BCUT2D eigenvalue weighted by molar-refractivity contribution is 0.384. The lowest BCUT2D eigenvalue weighted by Gasteiger charge is -2.26. The highest BCUT2D eigenvalue weighted by atomic mass is 19.1. The summed E-state index contributed by atoms with van der Waals surface area (Å²) in [4.78, 5) is 5.60. The van der Waals surface area contributed by atoms with Gasteiger partial charge in [0.15, 0.2) is 5.96 Å². The largest absolute Gasteiger partial charge is 0.370 e. The quantitative estimate of drug-likeness (QED) is 0.595. The summed E-state index contributed by atoms with van der Waals surface area (Å²) < 4.78 is 13.5. The number of nitrogens with zero attached hydrogens (tertiary/aromatic N) is 2. The molecule has 2 N–H and O–H groups in total. The number of aliphatic imine (C=N–C) groups is 1. The molecule has 4 heteroatoms. The molecule has 3 nitrogen and oxygen atoms in total. The molecular formula is C11H16FN3. The third kappa shape index (κ3) is 2.46. The van der Waals surface area contributed by atoms with Gasteiger partial charge in [0.25, 0.3) is 0 Å². The average molecular weight is 209 g/mol. The molecule has 82 valence electrons. The second kappa shape index (κ2) is 4.77. The molecule has 0 aliphatic rings. The highest BCUT2D eigenvalue weighted by Gasteiger charge is 2.16. The first-order valence-corrected chi connectivity index (χ1v) is 4.77. The summed E-state index contributed by atoms with van der Waals surface area (Å²) in [6.07, 6.45) is 0. The zero-order valence-electron chi connectivity index (χ0n) is 9.24. The van der Waals surface area contributed by atoms with Gasteiger partial charge in [-0.2, -0.15) is 0 Å². The fourth-order valence-electron chi connectivity index (χ4n) is 1.38. The van der Waals surface area contributed by atoms with Gasteiger partial charge < -0.3 is 10.6 Å². The van der Waals surface area contributed by atoms with Crippen LogP contribution in [0, 0.1) is 5.82 Å². The van der Waals surface area contributed by atoms with Crippen LogP contribution in [0.5, 0.6) is 0 Å². The van der Waals surface area contributed by atoms with Crippen molar-refractivity contribution in [3.05, 3.63) is 35.6 Å². The predicted octanol–water partition coefficient (Wildman–Crippen LogP) is 1.76. The Morgan fingerprint density at radius 2 is 2.07 bits per heavy atom. The molecule has 0 bridgehead atoms. The molecule has 1 rings (SSSR count). The second-order valence-corrected chi connectivity index (χ2v) is 3.39. The van der Waals surface area contributed by atoms with Crippen LogP contribution in [-0.4, -0.2) is 25.0 Å². The van der Waals surface area contributed by atoms with E-state index in [-0.39, 0.29) is 11.9 Å². The van der Waals surface area contributed by atoms with E-state index in [4.69, 9.17) is 5.73 Å². The van der Waals surface area contributed by atoms with Crippen molar-refractivity contribution in [3.8, 4) is 0 Å². The Bertz CT molecular complexity index is 363.